The summed E-state index contributed by atoms with van der Waals surface area (Å²) in [6, 6.07) is 5.99. The second-order valence-electron chi connectivity index (χ2n) is 8.59. The van der Waals surface area contributed by atoms with E-state index in [-0.39, 0.29) is 16.2 Å². The zero-order valence-electron chi connectivity index (χ0n) is 14.4. The topological polar surface area (TPSA) is 47.6 Å². The van der Waals surface area contributed by atoms with Gasteiger partial charge in [-0.2, -0.15) is 0 Å². The summed E-state index contributed by atoms with van der Waals surface area (Å²) in [5, 5.41) is 3.20. The van der Waals surface area contributed by atoms with Gasteiger partial charge in [-0.25, -0.2) is 0 Å². The maximum atomic E-state index is 13.0. The van der Waals surface area contributed by atoms with E-state index in [0.29, 0.717) is 25.2 Å². The molecule has 0 aromatic heterocycles. The lowest BCUT2D eigenvalue weighted by Crippen LogP contribution is -2.58. The molecule has 2 atom stereocenters. The molecule has 134 valence electrons. The molecule has 1 N–H and O–H groups in total. The Morgan fingerprint density at radius 2 is 1.92 bits per heavy atom. The van der Waals surface area contributed by atoms with Crippen molar-refractivity contribution in [3.63, 3.8) is 0 Å². The highest BCUT2D eigenvalue weighted by Gasteiger charge is 2.59. The monoisotopic (exact) mass is 361 g/mol. The molecule has 4 aliphatic carbocycles. The first-order valence-corrected chi connectivity index (χ1v) is 9.77. The molecule has 4 saturated carbocycles. The Bertz CT molecular complexity index is 705. The minimum Gasteiger partial charge on any atom is -0.454 e. The number of halogens is 1. The molecule has 1 aliphatic heterocycles. The highest BCUT2D eigenvalue weighted by atomic mass is 35.5. The van der Waals surface area contributed by atoms with Crippen LogP contribution in [0.4, 0.5) is 0 Å². The normalized spacial score (nSPS) is 37.3. The van der Waals surface area contributed by atoms with Gasteiger partial charge in [0, 0.05) is 11.4 Å². The number of carbonyl (C=O) groups is 1. The molecular formula is C20H24ClNO3. The number of carbonyl (C=O) groups excluding carboxylic acids is 1. The maximum absolute atomic E-state index is 13.0. The SMILES string of the molecule is O=C(NCCc1ccc2c(c1)OCO2)C12C[C@H]3C[C@@H](CC(Cl)(C3)C1)C2. The molecule has 1 aromatic rings. The molecule has 1 heterocycles. The molecule has 25 heavy (non-hydrogen) atoms. The standard InChI is InChI=1S/C20H24ClNO3/c21-20-9-14-5-15(10-20)8-19(7-14,11-20)18(23)22-4-3-13-1-2-16-17(6-13)25-12-24-16/h1-2,6,14-15H,3-5,7-12H2,(H,22,23)/t14-,15-,19?,20?/m1/s1. The third kappa shape index (κ3) is 2.69. The molecular weight excluding hydrogens is 338 g/mol. The third-order valence-electron chi connectivity index (χ3n) is 6.61. The number of rotatable bonds is 4. The van der Waals surface area contributed by atoms with Crippen LogP contribution in [0.2, 0.25) is 0 Å². The highest BCUT2D eigenvalue weighted by molar-refractivity contribution is 6.24. The Hall–Kier alpha value is -1.42. The van der Waals surface area contributed by atoms with Crippen molar-refractivity contribution in [1.82, 2.24) is 5.32 Å². The molecule has 4 bridgehead atoms. The average molecular weight is 362 g/mol. The largest absolute Gasteiger partial charge is 0.454 e. The second kappa shape index (κ2) is 5.54. The van der Waals surface area contributed by atoms with Crippen LogP contribution in [0.1, 0.15) is 44.1 Å². The van der Waals surface area contributed by atoms with Crippen LogP contribution in [0.3, 0.4) is 0 Å². The van der Waals surface area contributed by atoms with Crippen molar-refractivity contribution in [3.05, 3.63) is 23.8 Å². The summed E-state index contributed by atoms with van der Waals surface area (Å²) < 4.78 is 10.8. The van der Waals surface area contributed by atoms with Gasteiger partial charge in [-0.1, -0.05) is 6.07 Å². The van der Waals surface area contributed by atoms with E-state index in [1.54, 1.807) is 0 Å². The van der Waals surface area contributed by atoms with Gasteiger partial charge >= 0.3 is 0 Å². The van der Waals surface area contributed by atoms with Crippen molar-refractivity contribution in [2.24, 2.45) is 17.3 Å². The molecule has 1 amide bonds. The van der Waals surface area contributed by atoms with Gasteiger partial charge in [0.25, 0.3) is 0 Å². The Morgan fingerprint density at radius 3 is 2.68 bits per heavy atom. The van der Waals surface area contributed by atoms with Gasteiger partial charge in [0.15, 0.2) is 11.5 Å². The molecule has 0 saturated heterocycles. The molecule has 5 aliphatic rings. The van der Waals surface area contributed by atoms with Crippen molar-refractivity contribution in [1.29, 1.82) is 0 Å². The molecule has 0 unspecified atom stereocenters. The summed E-state index contributed by atoms with van der Waals surface area (Å²) in [5.74, 6) is 3.13. The minimum atomic E-state index is -0.208. The van der Waals surface area contributed by atoms with Crippen LogP contribution in [0.15, 0.2) is 18.2 Å². The van der Waals surface area contributed by atoms with E-state index in [4.69, 9.17) is 21.1 Å². The number of hydrogen-bond donors (Lipinski definition) is 1. The third-order valence-corrected chi connectivity index (χ3v) is 7.05. The zero-order valence-corrected chi connectivity index (χ0v) is 15.1. The number of nitrogens with one attached hydrogen (secondary N) is 1. The van der Waals surface area contributed by atoms with E-state index in [1.165, 1.54) is 6.42 Å². The predicted octanol–water partition coefficient (Wildman–Crippen LogP) is 3.65. The molecule has 4 fully saturated rings. The number of amides is 1. The van der Waals surface area contributed by atoms with Crippen molar-refractivity contribution in [2.75, 3.05) is 13.3 Å². The van der Waals surface area contributed by atoms with Gasteiger partial charge in [-0.15, -0.1) is 11.6 Å². The minimum absolute atomic E-state index is 0.112. The number of ether oxygens (including phenoxy) is 2. The predicted molar refractivity (Wildman–Crippen MR) is 95.0 cm³/mol. The number of fused-ring (bicyclic) bond motifs is 1. The van der Waals surface area contributed by atoms with Crippen LogP contribution in [0.25, 0.3) is 0 Å². The quantitative estimate of drug-likeness (QED) is 0.833. The van der Waals surface area contributed by atoms with E-state index in [9.17, 15) is 4.79 Å². The van der Waals surface area contributed by atoms with Crippen LogP contribution >= 0.6 is 11.6 Å². The average Bonchev–Trinajstić information content (AvgIpc) is 3.00. The summed E-state index contributed by atoms with van der Waals surface area (Å²) in [5.41, 5.74) is 0.949. The van der Waals surface area contributed by atoms with E-state index in [1.807, 2.05) is 18.2 Å². The van der Waals surface area contributed by atoms with Crippen molar-refractivity contribution < 1.29 is 14.3 Å². The summed E-state index contributed by atoms with van der Waals surface area (Å²) in [7, 11) is 0. The molecule has 6 rings (SSSR count). The fraction of sp³-hybridized carbons (Fsp3) is 0.650. The zero-order chi connectivity index (χ0) is 17.1. The van der Waals surface area contributed by atoms with E-state index >= 15 is 0 Å². The van der Waals surface area contributed by atoms with E-state index < -0.39 is 0 Å². The van der Waals surface area contributed by atoms with Gasteiger partial charge in [0.1, 0.15) is 0 Å². The summed E-state index contributed by atoms with van der Waals surface area (Å²) in [6.07, 6.45) is 7.23. The van der Waals surface area contributed by atoms with Gasteiger partial charge in [-0.05, 0) is 74.5 Å². The van der Waals surface area contributed by atoms with Crippen LogP contribution in [-0.2, 0) is 11.2 Å². The fourth-order valence-electron chi connectivity index (χ4n) is 6.02. The molecule has 0 radical (unpaired) electrons. The number of hydrogen-bond acceptors (Lipinski definition) is 3. The first kappa shape index (κ1) is 15.8. The highest BCUT2D eigenvalue weighted by Crippen LogP contribution is 2.63. The molecule has 4 nitrogen and oxygen atoms in total. The summed E-state index contributed by atoms with van der Waals surface area (Å²) in [6.45, 7) is 0.950. The fourth-order valence-corrected chi connectivity index (χ4v) is 6.71. The lowest BCUT2D eigenvalue weighted by atomic mass is 9.49. The Kier molecular flexibility index (Phi) is 3.50. The van der Waals surface area contributed by atoms with Gasteiger partial charge in [-0.3, -0.25) is 4.79 Å². The van der Waals surface area contributed by atoms with Crippen LogP contribution in [0, 0.1) is 17.3 Å². The van der Waals surface area contributed by atoms with Crippen LogP contribution < -0.4 is 14.8 Å². The lowest BCUT2D eigenvalue weighted by molar-refractivity contribution is -0.144. The Labute approximate surface area is 153 Å². The molecule has 5 heteroatoms. The van der Waals surface area contributed by atoms with Crippen molar-refractivity contribution >= 4 is 17.5 Å². The lowest BCUT2D eigenvalue weighted by Gasteiger charge is -2.59. The maximum Gasteiger partial charge on any atom is 0.231 e. The number of benzene rings is 1. The van der Waals surface area contributed by atoms with Crippen LogP contribution in [-0.4, -0.2) is 24.1 Å². The molecule has 0 spiro atoms. The Balaban J connectivity index is 1.22. The Morgan fingerprint density at radius 1 is 1.16 bits per heavy atom. The van der Waals surface area contributed by atoms with Gasteiger partial charge < -0.3 is 14.8 Å². The van der Waals surface area contributed by atoms with E-state index in [2.05, 4.69) is 5.32 Å². The molecule has 1 aromatic carbocycles. The first-order valence-electron chi connectivity index (χ1n) is 9.39. The summed E-state index contributed by atoms with van der Waals surface area (Å²) >= 11 is 6.84. The van der Waals surface area contributed by atoms with E-state index in [0.717, 1.165) is 55.6 Å². The van der Waals surface area contributed by atoms with Gasteiger partial charge in [0.05, 0.1) is 5.41 Å². The number of alkyl halides is 1. The first-order chi connectivity index (χ1) is 12.0. The smallest absolute Gasteiger partial charge is 0.231 e. The van der Waals surface area contributed by atoms with Crippen molar-refractivity contribution in [2.45, 2.75) is 49.8 Å². The van der Waals surface area contributed by atoms with Crippen molar-refractivity contribution in [3.8, 4) is 11.5 Å². The second-order valence-corrected chi connectivity index (χ2v) is 9.39. The van der Waals surface area contributed by atoms with Crippen LogP contribution in [0.5, 0.6) is 11.5 Å². The van der Waals surface area contributed by atoms with Gasteiger partial charge in [0.2, 0.25) is 12.7 Å². The summed E-state index contributed by atoms with van der Waals surface area (Å²) in [4.78, 5) is 12.9.